The lowest BCUT2D eigenvalue weighted by molar-refractivity contribution is 0.588. The van der Waals surface area contributed by atoms with Gasteiger partial charge in [-0.25, -0.2) is 13.4 Å². The fraction of sp³-hybridized carbons (Fsp3) is 0.250. The Labute approximate surface area is 105 Å². The number of aromatic nitrogens is 1. The van der Waals surface area contributed by atoms with E-state index in [1.165, 1.54) is 11.3 Å². The number of para-hydroxylation sites is 1. The van der Waals surface area contributed by atoms with E-state index in [0.717, 1.165) is 10.2 Å². The van der Waals surface area contributed by atoms with Gasteiger partial charge in [0.15, 0.2) is 0 Å². The molecule has 5 heteroatoms. The SMILES string of the molecule is C=C[C@H](C)CS(=O)(=O)c1nc2ccccc2s1. The molecule has 3 nitrogen and oxygen atoms in total. The first-order valence-electron chi connectivity index (χ1n) is 5.24. The van der Waals surface area contributed by atoms with Crippen LogP contribution in [0.1, 0.15) is 6.92 Å². The fourth-order valence-electron chi connectivity index (χ4n) is 1.47. The van der Waals surface area contributed by atoms with E-state index in [1.54, 1.807) is 6.08 Å². The number of allylic oxidation sites excluding steroid dienone is 1. The van der Waals surface area contributed by atoms with Crippen LogP contribution in [0.4, 0.5) is 0 Å². The first kappa shape index (κ1) is 12.3. The number of benzene rings is 1. The molecule has 1 aromatic carbocycles. The molecular formula is C12H13NO2S2. The van der Waals surface area contributed by atoms with Gasteiger partial charge in [0.05, 0.1) is 16.0 Å². The molecule has 17 heavy (non-hydrogen) atoms. The second kappa shape index (κ2) is 4.58. The summed E-state index contributed by atoms with van der Waals surface area (Å²) in [6.45, 7) is 5.43. The maximum atomic E-state index is 12.1. The third-order valence-corrected chi connectivity index (χ3v) is 5.86. The zero-order valence-electron chi connectivity index (χ0n) is 9.46. The average molecular weight is 267 g/mol. The minimum Gasteiger partial charge on any atom is -0.225 e. The van der Waals surface area contributed by atoms with Gasteiger partial charge in [-0.2, -0.15) is 0 Å². The van der Waals surface area contributed by atoms with Crippen molar-refractivity contribution in [2.75, 3.05) is 5.75 Å². The number of hydrogen-bond acceptors (Lipinski definition) is 4. The van der Waals surface area contributed by atoms with Crippen LogP contribution in [-0.4, -0.2) is 19.2 Å². The molecule has 0 N–H and O–H groups in total. The minimum atomic E-state index is -3.30. The highest BCUT2D eigenvalue weighted by Crippen LogP contribution is 2.26. The van der Waals surface area contributed by atoms with Gasteiger partial charge in [0.1, 0.15) is 0 Å². The number of rotatable bonds is 4. The van der Waals surface area contributed by atoms with Crippen LogP contribution < -0.4 is 0 Å². The summed E-state index contributed by atoms with van der Waals surface area (Å²) in [5.74, 6) is 0.00284. The van der Waals surface area contributed by atoms with Gasteiger partial charge in [-0.3, -0.25) is 0 Å². The first-order valence-corrected chi connectivity index (χ1v) is 7.70. The summed E-state index contributed by atoms with van der Waals surface area (Å²) in [6, 6.07) is 7.43. The van der Waals surface area contributed by atoms with Gasteiger partial charge in [-0.1, -0.05) is 25.1 Å². The molecule has 0 radical (unpaired) electrons. The van der Waals surface area contributed by atoms with E-state index in [9.17, 15) is 8.42 Å². The number of fused-ring (bicyclic) bond motifs is 1. The van der Waals surface area contributed by atoms with E-state index in [1.807, 2.05) is 31.2 Å². The molecule has 1 aromatic heterocycles. The Morgan fingerprint density at radius 3 is 2.82 bits per heavy atom. The quantitative estimate of drug-likeness (QED) is 0.800. The monoisotopic (exact) mass is 267 g/mol. The summed E-state index contributed by atoms with van der Waals surface area (Å²) in [5, 5.41) is 0. The molecule has 1 atom stereocenters. The molecule has 2 rings (SSSR count). The Bertz CT molecular complexity index is 610. The van der Waals surface area contributed by atoms with Gasteiger partial charge < -0.3 is 0 Å². The van der Waals surface area contributed by atoms with Crippen molar-refractivity contribution >= 4 is 31.4 Å². The molecule has 0 unspecified atom stereocenters. The Balaban J connectivity index is 2.42. The van der Waals surface area contributed by atoms with Crippen LogP contribution in [0, 0.1) is 5.92 Å². The van der Waals surface area contributed by atoms with Crippen molar-refractivity contribution in [3.8, 4) is 0 Å². The van der Waals surface area contributed by atoms with Crippen LogP contribution >= 0.6 is 11.3 Å². The van der Waals surface area contributed by atoms with Gasteiger partial charge in [0, 0.05) is 0 Å². The highest BCUT2D eigenvalue weighted by molar-refractivity contribution is 7.93. The van der Waals surface area contributed by atoms with Crippen molar-refractivity contribution in [3.05, 3.63) is 36.9 Å². The summed E-state index contributed by atoms with van der Waals surface area (Å²) >= 11 is 1.22. The van der Waals surface area contributed by atoms with Gasteiger partial charge in [-0.15, -0.1) is 17.9 Å². The van der Waals surface area contributed by atoms with E-state index in [4.69, 9.17) is 0 Å². The predicted octanol–water partition coefficient (Wildman–Crippen LogP) is 2.89. The van der Waals surface area contributed by atoms with Crippen LogP contribution in [0.15, 0.2) is 41.3 Å². The Morgan fingerprint density at radius 1 is 1.47 bits per heavy atom. The summed E-state index contributed by atoms with van der Waals surface area (Å²) in [5.41, 5.74) is 0.738. The van der Waals surface area contributed by atoms with E-state index >= 15 is 0 Å². The molecule has 1 heterocycles. The number of sulfone groups is 1. The van der Waals surface area contributed by atoms with E-state index in [2.05, 4.69) is 11.6 Å². The molecule has 0 aliphatic heterocycles. The predicted molar refractivity (Wildman–Crippen MR) is 71.0 cm³/mol. The van der Waals surface area contributed by atoms with E-state index in [-0.39, 0.29) is 16.0 Å². The molecule has 0 saturated heterocycles. The summed E-state index contributed by atoms with van der Waals surface area (Å²) in [4.78, 5) is 4.17. The summed E-state index contributed by atoms with van der Waals surface area (Å²) in [7, 11) is -3.30. The third kappa shape index (κ3) is 2.56. The van der Waals surface area contributed by atoms with E-state index in [0.29, 0.717) is 0 Å². The van der Waals surface area contributed by atoms with Crippen molar-refractivity contribution in [3.63, 3.8) is 0 Å². The lowest BCUT2D eigenvalue weighted by Crippen LogP contribution is -2.12. The molecule has 2 aromatic rings. The van der Waals surface area contributed by atoms with Crippen LogP contribution in [-0.2, 0) is 9.84 Å². The van der Waals surface area contributed by atoms with Crippen LogP contribution in [0.2, 0.25) is 0 Å². The molecule has 0 saturated carbocycles. The largest absolute Gasteiger partial charge is 0.225 e. The van der Waals surface area contributed by atoms with E-state index < -0.39 is 9.84 Å². The number of nitrogens with zero attached hydrogens (tertiary/aromatic N) is 1. The molecule has 0 aliphatic rings. The highest BCUT2D eigenvalue weighted by atomic mass is 32.2. The summed E-state index contributed by atoms with van der Waals surface area (Å²) in [6.07, 6.45) is 1.64. The Hall–Kier alpha value is -1.20. The van der Waals surface area contributed by atoms with Crippen molar-refractivity contribution in [2.24, 2.45) is 5.92 Å². The van der Waals surface area contributed by atoms with Crippen LogP contribution in [0.5, 0.6) is 0 Å². The molecular weight excluding hydrogens is 254 g/mol. The molecule has 0 aliphatic carbocycles. The Kier molecular flexibility index (Phi) is 3.31. The number of thiazole rings is 1. The number of hydrogen-bond donors (Lipinski definition) is 0. The molecule has 90 valence electrons. The normalized spacial score (nSPS) is 13.7. The average Bonchev–Trinajstić information content (AvgIpc) is 2.72. The molecule has 0 spiro atoms. The minimum absolute atomic E-state index is 0.0630. The second-order valence-electron chi connectivity index (χ2n) is 3.94. The van der Waals surface area contributed by atoms with Crippen molar-refractivity contribution in [2.45, 2.75) is 11.3 Å². The Morgan fingerprint density at radius 2 is 2.18 bits per heavy atom. The summed E-state index contributed by atoms with van der Waals surface area (Å²) < 4.78 is 25.2. The maximum Gasteiger partial charge on any atom is 0.210 e. The van der Waals surface area contributed by atoms with Crippen molar-refractivity contribution < 1.29 is 8.42 Å². The zero-order chi connectivity index (χ0) is 12.5. The van der Waals surface area contributed by atoms with Crippen molar-refractivity contribution in [1.82, 2.24) is 4.98 Å². The lowest BCUT2D eigenvalue weighted by Gasteiger charge is -2.03. The van der Waals surface area contributed by atoms with Crippen LogP contribution in [0.3, 0.4) is 0 Å². The van der Waals surface area contributed by atoms with Gasteiger partial charge in [-0.05, 0) is 18.1 Å². The van der Waals surface area contributed by atoms with Gasteiger partial charge in [0.2, 0.25) is 14.2 Å². The molecule has 0 bridgehead atoms. The fourth-order valence-corrected chi connectivity index (χ4v) is 4.36. The molecule has 0 fully saturated rings. The standard InChI is InChI=1S/C12H13NO2S2/c1-3-9(2)8-17(14,15)12-13-10-6-4-5-7-11(10)16-12/h3-7,9H,1,8H2,2H3/t9-/m0/s1. The lowest BCUT2D eigenvalue weighted by atomic mass is 10.2. The van der Waals surface area contributed by atoms with Crippen LogP contribution in [0.25, 0.3) is 10.2 Å². The van der Waals surface area contributed by atoms with Gasteiger partial charge in [0.25, 0.3) is 0 Å². The maximum absolute atomic E-state index is 12.1. The topological polar surface area (TPSA) is 47.0 Å². The third-order valence-electron chi connectivity index (χ3n) is 2.42. The molecule has 0 amide bonds. The zero-order valence-corrected chi connectivity index (χ0v) is 11.1. The van der Waals surface area contributed by atoms with Gasteiger partial charge >= 0.3 is 0 Å². The van der Waals surface area contributed by atoms with Crippen molar-refractivity contribution in [1.29, 1.82) is 0 Å². The smallest absolute Gasteiger partial charge is 0.210 e. The first-order chi connectivity index (χ1) is 8.03. The second-order valence-corrected chi connectivity index (χ2v) is 7.18. The highest BCUT2D eigenvalue weighted by Gasteiger charge is 2.21.